The fourth-order valence-electron chi connectivity index (χ4n) is 2.22. The van der Waals surface area contributed by atoms with E-state index in [1.165, 1.54) is 6.07 Å². The standard InChI is InChI=1S/C16H15ClN2O2/c1-3-8-19-14(6-4-11(10-18)16(19)20)13-9-12(17)5-7-15(13)21-2/h4-7,9H,3,8H2,1-2H3. The predicted molar refractivity (Wildman–Crippen MR) is 82.7 cm³/mol. The number of nitriles is 1. The van der Waals surface area contributed by atoms with E-state index in [1.54, 1.807) is 35.9 Å². The van der Waals surface area contributed by atoms with Gasteiger partial charge in [0.05, 0.1) is 12.8 Å². The minimum absolute atomic E-state index is 0.133. The highest BCUT2D eigenvalue weighted by molar-refractivity contribution is 6.30. The average Bonchev–Trinajstić information content (AvgIpc) is 2.49. The molecule has 0 spiro atoms. The van der Waals surface area contributed by atoms with E-state index in [0.717, 1.165) is 12.0 Å². The highest BCUT2D eigenvalue weighted by Gasteiger charge is 2.14. The molecule has 5 heteroatoms. The molecule has 1 aromatic carbocycles. The molecule has 0 atom stereocenters. The summed E-state index contributed by atoms with van der Waals surface area (Å²) in [5, 5.41) is 9.57. The third kappa shape index (κ3) is 2.93. The molecule has 0 aliphatic heterocycles. The summed E-state index contributed by atoms with van der Waals surface area (Å²) in [4.78, 5) is 12.3. The Labute approximate surface area is 128 Å². The zero-order valence-electron chi connectivity index (χ0n) is 11.9. The van der Waals surface area contributed by atoms with E-state index in [4.69, 9.17) is 21.6 Å². The lowest BCUT2D eigenvalue weighted by atomic mass is 10.1. The number of pyridine rings is 1. The van der Waals surface area contributed by atoms with Crippen molar-refractivity contribution in [1.29, 1.82) is 5.26 Å². The van der Waals surface area contributed by atoms with Gasteiger partial charge < -0.3 is 9.30 Å². The van der Waals surface area contributed by atoms with Crippen LogP contribution < -0.4 is 10.3 Å². The van der Waals surface area contributed by atoms with Crippen LogP contribution in [0.3, 0.4) is 0 Å². The first-order valence-corrected chi connectivity index (χ1v) is 6.98. The fraction of sp³-hybridized carbons (Fsp3) is 0.250. The second kappa shape index (κ2) is 6.47. The maximum atomic E-state index is 12.3. The second-order valence-corrected chi connectivity index (χ2v) is 4.98. The van der Waals surface area contributed by atoms with Crippen molar-refractivity contribution in [1.82, 2.24) is 4.57 Å². The van der Waals surface area contributed by atoms with Gasteiger partial charge in [-0.15, -0.1) is 0 Å². The molecule has 1 aromatic heterocycles. The van der Waals surface area contributed by atoms with E-state index in [-0.39, 0.29) is 11.1 Å². The van der Waals surface area contributed by atoms with Crippen molar-refractivity contribution in [3.05, 3.63) is 51.3 Å². The van der Waals surface area contributed by atoms with E-state index in [0.29, 0.717) is 23.0 Å². The van der Waals surface area contributed by atoms with Crippen LogP contribution in [0.5, 0.6) is 5.75 Å². The first kappa shape index (κ1) is 15.1. The predicted octanol–water partition coefficient (Wildman–Crippen LogP) is 3.46. The number of hydrogen-bond acceptors (Lipinski definition) is 3. The van der Waals surface area contributed by atoms with Gasteiger partial charge in [0.1, 0.15) is 17.4 Å². The molecule has 21 heavy (non-hydrogen) atoms. The Morgan fingerprint density at radius 1 is 1.33 bits per heavy atom. The van der Waals surface area contributed by atoms with Gasteiger partial charge >= 0.3 is 0 Å². The molecule has 0 radical (unpaired) electrons. The van der Waals surface area contributed by atoms with Crippen LogP contribution in [-0.4, -0.2) is 11.7 Å². The van der Waals surface area contributed by atoms with Crippen molar-refractivity contribution in [3.63, 3.8) is 0 Å². The topological polar surface area (TPSA) is 55.0 Å². The van der Waals surface area contributed by atoms with Crippen LogP contribution >= 0.6 is 11.6 Å². The van der Waals surface area contributed by atoms with Crippen LogP contribution in [0.1, 0.15) is 18.9 Å². The maximum Gasteiger partial charge on any atom is 0.268 e. The van der Waals surface area contributed by atoms with Crippen LogP contribution in [0.2, 0.25) is 5.02 Å². The molecule has 0 aliphatic carbocycles. The maximum absolute atomic E-state index is 12.3. The summed E-state index contributed by atoms with van der Waals surface area (Å²) in [7, 11) is 1.57. The van der Waals surface area contributed by atoms with Crippen molar-refractivity contribution in [3.8, 4) is 23.1 Å². The lowest BCUT2D eigenvalue weighted by Crippen LogP contribution is -2.24. The van der Waals surface area contributed by atoms with Gasteiger partial charge in [0, 0.05) is 17.1 Å². The lowest BCUT2D eigenvalue weighted by Gasteiger charge is -2.15. The summed E-state index contributed by atoms with van der Waals surface area (Å²) in [6.07, 6.45) is 0.782. The Morgan fingerprint density at radius 2 is 2.10 bits per heavy atom. The molecule has 1 heterocycles. The van der Waals surface area contributed by atoms with E-state index in [1.807, 2.05) is 13.0 Å². The molecule has 0 saturated carbocycles. The zero-order valence-corrected chi connectivity index (χ0v) is 12.6. The molecule has 0 fully saturated rings. The number of methoxy groups -OCH3 is 1. The first-order chi connectivity index (χ1) is 10.1. The van der Waals surface area contributed by atoms with E-state index < -0.39 is 0 Å². The van der Waals surface area contributed by atoms with Gasteiger partial charge in [0.25, 0.3) is 5.56 Å². The number of benzene rings is 1. The average molecular weight is 303 g/mol. The van der Waals surface area contributed by atoms with Gasteiger partial charge in [-0.2, -0.15) is 5.26 Å². The smallest absolute Gasteiger partial charge is 0.268 e. The Morgan fingerprint density at radius 3 is 2.71 bits per heavy atom. The lowest BCUT2D eigenvalue weighted by molar-refractivity contribution is 0.416. The summed E-state index contributed by atoms with van der Waals surface area (Å²) in [6, 6.07) is 10.5. The van der Waals surface area contributed by atoms with Crippen molar-refractivity contribution in [2.45, 2.75) is 19.9 Å². The molecule has 0 bridgehead atoms. The van der Waals surface area contributed by atoms with Gasteiger partial charge in [-0.05, 0) is 36.8 Å². The number of ether oxygens (including phenoxy) is 1. The van der Waals surface area contributed by atoms with Crippen LogP contribution in [0.4, 0.5) is 0 Å². The monoisotopic (exact) mass is 302 g/mol. The molecule has 2 aromatic rings. The Hall–Kier alpha value is -2.25. The molecule has 0 N–H and O–H groups in total. The Bertz CT molecular complexity index is 760. The van der Waals surface area contributed by atoms with Gasteiger partial charge in [0.15, 0.2) is 0 Å². The fourth-order valence-corrected chi connectivity index (χ4v) is 2.40. The molecule has 0 saturated heterocycles. The largest absolute Gasteiger partial charge is 0.496 e. The number of aromatic nitrogens is 1. The minimum Gasteiger partial charge on any atom is -0.496 e. The molecule has 0 aliphatic rings. The third-order valence-electron chi connectivity index (χ3n) is 3.18. The van der Waals surface area contributed by atoms with Crippen LogP contribution in [0.25, 0.3) is 11.3 Å². The normalized spacial score (nSPS) is 10.2. The number of hydrogen-bond donors (Lipinski definition) is 0. The van der Waals surface area contributed by atoms with E-state index in [9.17, 15) is 4.79 Å². The highest BCUT2D eigenvalue weighted by atomic mass is 35.5. The molecule has 0 amide bonds. The van der Waals surface area contributed by atoms with Crippen LogP contribution in [-0.2, 0) is 6.54 Å². The Kier molecular flexibility index (Phi) is 4.66. The molecule has 0 unspecified atom stereocenters. The molecular formula is C16H15ClN2O2. The minimum atomic E-state index is -0.293. The van der Waals surface area contributed by atoms with Gasteiger partial charge in [0.2, 0.25) is 0 Å². The van der Waals surface area contributed by atoms with Gasteiger partial charge in [-0.25, -0.2) is 0 Å². The quantitative estimate of drug-likeness (QED) is 0.869. The summed E-state index contributed by atoms with van der Waals surface area (Å²) in [5.74, 6) is 0.633. The van der Waals surface area contributed by atoms with E-state index in [2.05, 4.69) is 0 Å². The Balaban J connectivity index is 2.75. The van der Waals surface area contributed by atoms with Crippen LogP contribution in [0, 0.1) is 11.3 Å². The molecular weight excluding hydrogens is 288 g/mol. The van der Waals surface area contributed by atoms with Crippen molar-refractivity contribution in [2.75, 3.05) is 7.11 Å². The highest BCUT2D eigenvalue weighted by Crippen LogP contribution is 2.32. The number of nitrogens with zero attached hydrogens (tertiary/aromatic N) is 2. The van der Waals surface area contributed by atoms with Crippen molar-refractivity contribution < 1.29 is 4.74 Å². The number of halogens is 1. The summed E-state index contributed by atoms with van der Waals surface area (Å²) >= 11 is 6.06. The zero-order chi connectivity index (χ0) is 15.4. The second-order valence-electron chi connectivity index (χ2n) is 4.55. The SMILES string of the molecule is CCCn1c(-c2cc(Cl)ccc2OC)ccc(C#N)c1=O. The van der Waals surface area contributed by atoms with Crippen molar-refractivity contribution in [2.24, 2.45) is 0 Å². The molecule has 2 rings (SSSR count). The summed E-state index contributed by atoms with van der Waals surface area (Å²) in [5.41, 5.74) is 1.27. The van der Waals surface area contributed by atoms with Gasteiger partial charge in [-0.3, -0.25) is 4.79 Å². The van der Waals surface area contributed by atoms with E-state index >= 15 is 0 Å². The van der Waals surface area contributed by atoms with Gasteiger partial charge in [-0.1, -0.05) is 18.5 Å². The first-order valence-electron chi connectivity index (χ1n) is 6.60. The third-order valence-corrected chi connectivity index (χ3v) is 3.41. The van der Waals surface area contributed by atoms with Crippen molar-refractivity contribution >= 4 is 11.6 Å². The summed E-state index contributed by atoms with van der Waals surface area (Å²) in [6.45, 7) is 2.50. The van der Waals surface area contributed by atoms with Crippen LogP contribution in [0.15, 0.2) is 35.1 Å². The summed E-state index contributed by atoms with van der Waals surface area (Å²) < 4.78 is 6.94. The molecule has 4 nitrogen and oxygen atoms in total. The molecule has 108 valence electrons. The number of rotatable bonds is 4.